The highest BCUT2D eigenvalue weighted by Crippen LogP contribution is 2.26. The third-order valence-corrected chi connectivity index (χ3v) is 4.47. The van der Waals surface area contributed by atoms with Crippen molar-refractivity contribution in [1.29, 1.82) is 0 Å². The molecule has 3 aromatic rings. The minimum atomic E-state index is -0.0900. The normalized spacial score (nSPS) is 10.6. The number of thioether (sulfide) groups is 1. The maximum Gasteiger partial charge on any atom is 0.235 e. The summed E-state index contributed by atoms with van der Waals surface area (Å²) < 4.78 is 0.877. The number of para-hydroxylation sites is 1. The molecule has 0 saturated heterocycles. The van der Waals surface area contributed by atoms with Gasteiger partial charge in [-0.05, 0) is 40.2 Å². The Morgan fingerprint density at radius 1 is 1.14 bits per heavy atom. The number of amides is 1. The molecule has 0 bridgehead atoms. The number of carbonyl (C=O) groups is 1. The first-order chi connectivity index (χ1) is 10.7. The van der Waals surface area contributed by atoms with E-state index in [-0.39, 0.29) is 5.91 Å². The maximum absolute atomic E-state index is 12.0. The topological polar surface area (TPSA) is 54.9 Å². The summed E-state index contributed by atoms with van der Waals surface area (Å²) >= 11 is 4.78. The zero-order valence-electron chi connectivity index (χ0n) is 11.5. The second-order valence-corrected chi connectivity index (χ2v) is 6.46. The quantitative estimate of drug-likeness (QED) is 0.698. The molecule has 1 N–H and O–H groups in total. The zero-order chi connectivity index (χ0) is 15.4. The Kier molecular flexibility index (Phi) is 4.70. The van der Waals surface area contributed by atoms with Gasteiger partial charge in [0.25, 0.3) is 0 Å². The molecule has 0 saturated carbocycles. The van der Waals surface area contributed by atoms with Gasteiger partial charge >= 0.3 is 0 Å². The van der Waals surface area contributed by atoms with Crippen LogP contribution in [0, 0.1) is 0 Å². The van der Waals surface area contributed by atoms with E-state index in [0.29, 0.717) is 11.6 Å². The van der Waals surface area contributed by atoms with Crippen LogP contribution in [0.5, 0.6) is 0 Å². The number of nitrogens with one attached hydrogen (secondary N) is 1. The monoisotopic (exact) mass is 373 g/mol. The summed E-state index contributed by atoms with van der Waals surface area (Å²) in [7, 11) is 0. The van der Waals surface area contributed by atoms with Gasteiger partial charge in [0.05, 0.1) is 11.3 Å². The molecule has 0 aliphatic carbocycles. The van der Waals surface area contributed by atoms with E-state index < -0.39 is 0 Å². The summed E-state index contributed by atoms with van der Waals surface area (Å²) in [6.07, 6.45) is 3.41. The van der Waals surface area contributed by atoms with Gasteiger partial charge in [0.2, 0.25) is 5.91 Å². The van der Waals surface area contributed by atoms with Gasteiger partial charge in [0.15, 0.2) is 0 Å². The molecule has 1 amide bonds. The number of hydrogen-bond donors (Lipinski definition) is 1. The van der Waals surface area contributed by atoms with E-state index in [9.17, 15) is 4.79 Å². The number of fused-ring (bicyclic) bond motifs is 1. The van der Waals surface area contributed by atoms with E-state index in [0.717, 1.165) is 20.3 Å². The molecular formula is C16H12BrN3OS. The summed E-state index contributed by atoms with van der Waals surface area (Å²) in [5.74, 6) is 0.769. The minimum Gasteiger partial charge on any atom is -0.310 e. The largest absolute Gasteiger partial charge is 0.310 e. The van der Waals surface area contributed by atoms with Crippen molar-refractivity contribution in [3.63, 3.8) is 0 Å². The Morgan fingerprint density at radius 2 is 2.00 bits per heavy atom. The summed E-state index contributed by atoms with van der Waals surface area (Å²) in [4.78, 5) is 21.5. The van der Waals surface area contributed by atoms with E-state index in [1.54, 1.807) is 18.5 Å². The molecule has 2 aromatic heterocycles. The molecule has 2 heterocycles. The average molecular weight is 374 g/mol. The number of pyridine rings is 2. The first kappa shape index (κ1) is 15.0. The van der Waals surface area contributed by atoms with E-state index in [1.807, 2.05) is 36.4 Å². The van der Waals surface area contributed by atoms with Crippen LogP contribution in [0.3, 0.4) is 0 Å². The lowest BCUT2D eigenvalue weighted by Crippen LogP contribution is -2.14. The number of aromatic nitrogens is 2. The Balaban J connectivity index is 1.66. The molecule has 0 fully saturated rings. The first-order valence-electron chi connectivity index (χ1n) is 6.60. The Labute approximate surface area is 140 Å². The van der Waals surface area contributed by atoms with Crippen molar-refractivity contribution in [2.45, 2.75) is 4.90 Å². The van der Waals surface area contributed by atoms with Crippen LogP contribution in [0.2, 0.25) is 0 Å². The predicted octanol–water partition coefficient (Wildman–Crippen LogP) is 4.12. The Morgan fingerprint density at radius 3 is 2.82 bits per heavy atom. The van der Waals surface area contributed by atoms with Crippen LogP contribution in [0.1, 0.15) is 0 Å². The molecule has 1 aromatic carbocycles. The molecule has 0 spiro atoms. The van der Waals surface area contributed by atoms with Gasteiger partial charge in [0, 0.05) is 27.1 Å². The number of nitrogens with zero attached hydrogens (tertiary/aromatic N) is 2. The standard InChI is InChI=1S/C16H12BrN3OS/c17-12-6-7-14(19-9-12)20-15(21)10-22-13-5-1-3-11-4-2-8-18-16(11)13/h1-9H,10H2,(H,19,20,21). The molecule has 0 aliphatic rings. The van der Waals surface area contributed by atoms with Crippen LogP contribution in [-0.4, -0.2) is 21.6 Å². The van der Waals surface area contributed by atoms with Crippen molar-refractivity contribution in [2.24, 2.45) is 0 Å². The number of rotatable bonds is 4. The van der Waals surface area contributed by atoms with Crippen molar-refractivity contribution in [3.8, 4) is 0 Å². The number of halogens is 1. The highest BCUT2D eigenvalue weighted by Gasteiger charge is 2.07. The molecule has 6 heteroatoms. The van der Waals surface area contributed by atoms with Crippen LogP contribution >= 0.6 is 27.7 Å². The molecular weight excluding hydrogens is 362 g/mol. The highest BCUT2D eigenvalue weighted by molar-refractivity contribution is 9.10. The van der Waals surface area contributed by atoms with E-state index in [2.05, 4.69) is 31.2 Å². The van der Waals surface area contributed by atoms with Crippen molar-refractivity contribution in [2.75, 3.05) is 11.1 Å². The number of benzene rings is 1. The van der Waals surface area contributed by atoms with Crippen molar-refractivity contribution >= 4 is 50.3 Å². The van der Waals surface area contributed by atoms with Gasteiger partial charge in [-0.3, -0.25) is 9.78 Å². The van der Waals surface area contributed by atoms with E-state index in [1.165, 1.54) is 11.8 Å². The molecule has 22 heavy (non-hydrogen) atoms. The molecule has 4 nitrogen and oxygen atoms in total. The summed E-state index contributed by atoms with van der Waals surface area (Å²) in [6.45, 7) is 0. The third kappa shape index (κ3) is 3.64. The number of anilines is 1. The summed E-state index contributed by atoms with van der Waals surface area (Å²) in [6, 6.07) is 13.5. The molecule has 0 unspecified atom stereocenters. The lowest BCUT2D eigenvalue weighted by molar-refractivity contribution is -0.113. The van der Waals surface area contributed by atoms with E-state index >= 15 is 0 Å². The van der Waals surface area contributed by atoms with Gasteiger partial charge in [-0.1, -0.05) is 18.2 Å². The highest BCUT2D eigenvalue weighted by atomic mass is 79.9. The molecule has 3 rings (SSSR count). The molecule has 110 valence electrons. The molecule has 0 atom stereocenters. The zero-order valence-corrected chi connectivity index (χ0v) is 13.9. The van der Waals surface area contributed by atoms with Crippen LogP contribution in [0.15, 0.2) is 64.2 Å². The first-order valence-corrected chi connectivity index (χ1v) is 8.38. The van der Waals surface area contributed by atoms with Gasteiger partial charge in [-0.25, -0.2) is 4.98 Å². The SMILES string of the molecule is O=C(CSc1cccc2cccnc12)Nc1ccc(Br)cn1. The fourth-order valence-corrected chi connectivity index (χ4v) is 3.04. The van der Waals surface area contributed by atoms with Crippen LogP contribution in [-0.2, 0) is 4.79 Å². The number of hydrogen-bond acceptors (Lipinski definition) is 4. The lowest BCUT2D eigenvalue weighted by Gasteiger charge is -2.06. The average Bonchev–Trinajstić information content (AvgIpc) is 2.55. The van der Waals surface area contributed by atoms with Crippen LogP contribution in [0.4, 0.5) is 5.82 Å². The number of carbonyl (C=O) groups excluding carboxylic acids is 1. The van der Waals surface area contributed by atoms with Gasteiger partial charge in [-0.2, -0.15) is 0 Å². The van der Waals surface area contributed by atoms with Crippen molar-refractivity contribution in [1.82, 2.24) is 9.97 Å². The second kappa shape index (κ2) is 6.89. The summed E-state index contributed by atoms with van der Waals surface area (Å²) in [5, 5.41) is 3.85. The van der Waals surface area contributed by atoms with Gasteiger partial charge in [0.1, 0.15) is 5.82 Å². The maximum atomic E-state index is 12.0. The fourth-order valence-electron chi connectivity index (χ4n) is 1.96. The Hall–Kier alpha value is -1.92. The lowest BCUT2D eigenvalue weighted by atomic mass is 10.2. The smallest absolute Gasteiger partial charge is 0.235 e. The second-order valence-electron chi connectivity index (χ2n) is 4.53. The minimum absolute atomic E-state index is 0.0900. The molecule has 0 aliphatic heterocycles. The fraction of sp³-hybridized carbons (Fsp3) is 0.0625. The summed E-state index contributed by atoms with van der Waals surface area (Å²) in [5.41, 5.74) is 0.921. The van der Waals surface area contributed by atoms with Gasteiger partial charge < -0.3 is 5.32 Å². The predicted molar refractivity (Wildman–Crippen MR) is 93.0 cm³/mol. The van der Waals surface area contributed by atoms with Crippen LogP contribution in [0.25, 0.3) is 10.9 Å². The van der Waals surface area contributed by atoms with Crippen molar-refractivity contribution in [3.05, 3.63) is 59.3 Å². The Bertz CT molecular complexity index is 803. The molecule has 0 radical (unpaired) electrons. The van der Waals surface area contributed by atoms with E-state index in [4.69, 9.17) is 0 Å². The third-order valence-electron chi connectivity index (χ3n) is 2.95. The van der Waals surface area contributed by atoms with Crippen molar-refractivity contribution < 1.29 is 4.79 Å². The van der Waals surface area contributed by atoms with Crippen LogP contribution < -0.4 is 5.32 Å². The van der Waals surface area contributed by atoms with Gasteiger partial charge in [-0.15, -0.1) is 11.8 Å².